The number of para-hydroxylation sites is 1. The molecule has 0 spiro atoms. The Kier molecular flexibility index (Phi) is 5.67. The Morgan fingerprint density at radius 3 is 2.56 bits per heavy atom. The van der Waals surface area contributed by atoms with Gasteiger partial charge < -0.3 is 14.8 Å². The summed E-state index contributed by atoms with van der Waals surface area (Å²) in [7, 11) is 1.25. The number of rotatable bonds is 6. The molecule has 0 aliphatic rings. The molecule has 2 rings (SSSR count). The molecule has 1 N–H and O–H groups in total. The molecule has 2 aromatic carbocycles. The molecular weight excluding hydrogens is 328 g/mol. The topological polar surface area (TPSA) is 108 Å². The summed E-state index contributed by atoms with van der Waals surface area (Å²) in [5.74, 6) is -0.681. The lowest BCUT2D eigenvalue weighted by Crippen LogP contribution is -2.22. The number of methoxy groups -OCH3 is 1. The van der Waals surface area contributed by atoms with Crippen LogP contribution in [0.4, 0.5) is 11.4 Å². The maximum atomic E-state index is 12.0. The van der Waals surface area contributed by atoms with Crippen molar-refractivity contribution in [2.75, 3.05) is 19.0 Å². The Morgan fingerprint density at radius 2 is 1.92 bits per heavy atom. The summed E-state index contributed by atoms with van der Waals surface area (Å²) < 4.78 is 10.0. The summed E-state index contributed by atoms with van der Waals surface area (Å²) in [4.78, 5) is 33.9. The highest BCUT2D eigenvalue weighted by molar-refractivity contribution is 6.01. The van der Waals surface area contributed by atoms with E-state index in [1.165, 1.54) is 31.4 Å². The average Bonchev–Trinajstić information content (AvgIpc) is 2.60. The molecule has 0 radical (unpaired) electrons. The zero-order valence-electron chi connectivity index (χ0n) is 13.6. The molecule has 0 bridgehead atoms. The number of esters is 1. The number of non-ortho nitro benzene ring substituents is 1. The minimum absolute atomic E-state index is 0.0543. The minimum atomic E-state index is -0.567. The second-order valence-electron chi connectivity index (χ2n) is 5.08. The third-order valence-corrected chi connectivity index (χ3v) is 3.33. The first-order chi connectivity index (χ1) is 11.9. The molecule has 0 heterocycles. The number of amides is 1. The number of ether oxygens (including phenoxy) is 2. The van der Waals surface area contributed by atoms with Crippen molar-refractivity contribution in [1.29, 1.82) is 0 Å². The Hall–Kier alpha value is -3.42. The quantitative estimate of drug-likeness (QED) is 0.490. The third kappa shape index (κ3) is 4.54. The zero-order valence-corrected chi connectivity index (χ0v) is 13.6. The van der Waals surface area contributed by atoms with Crippen LogP contribution in [0.3, 0.4) is 0 Å². The zero-order chi connectivity index (χ0) is 18.4. The van der Waals surface area contributed by atoms with Crippen LogP contribution >= 0.6 is 0 Å². The van der Waals surface area contributed by atoms with Crippen molar-refractivity contribution in [2.45, 2.75) is 6.92 Å². The van der Waals surface area contributed by atoms with Crippen LogP contribution in [0, 0.1) is 17.0 Å². The monoisotopic (exact) mass is 344 g/mol. The van der Waals surface area contributed by atoms with Gasteiger partial charge in [-0.15, -0.1) is 0 Å². The summed E-state index contributed by atoms with van der Waals surface area (Å²) in [6.07, 6.45) is 0. The van der Waals surface area contributed by atoms with Crippen molar-refractivity contribution in [3.05, 3.63) is 63.7 Å². The molecule has 25 heavy (non-hydrogen) atoms. The molecule has 0 aliphatic heterocycles. The molecule has 130 valence electrons. The van der Waals surface area contributed by atoms with Crippen molar-refractivity contribution >= 4 is 23.3 Å². The first-order valence-electron chi connectivity index (χ1n) is 7.27. The number of aryl methyl sites for hydroxylation is 1. The van der Waals surface area contributed by atoms with Gasteiger partial charge in [0.1, 0.15) is 5.75 Å². The van der Waals surface area contributed by atoms with Crippen molar-refractivity contribution in [2.24, 2.45) is 0 Å². The van der Waals surface area contributed by atoms with Gasteiger partial charge in [0.2, 0.25) is 0 Å². The van der Waals surface area contributed by atoms with Gasteiger partial charge >= 0.3 is 5.97 Å². The second kappa shape index (κ2) is 7.91. The van der Waals surface area contributed by atoms with Gasteiger partial charge in [-0.05, 0) is 30.7 Å². The summed E-state index contributed by atoms with van der Waals surface area (Å²) in [5, 5.41) is 13.3. The molecule has 0 saturated heterocycles. The summed E-state index contributed by atoms with van der Waals surface area (Å²) >= 11 is 0. The van der Waals surface area contributed by atoms with Crippen LogP contribution in [0.25, 0.3) is 0 Å². The van der Waals surface area contributed by atoms with Crippen LogP contribution in [-0.4, -0.2) is 30.5 Å². The molecule has 0 fully saturated rings. The van der Waals surface area contributed by atoms with E-state index in [2.05, 4.69) is 10.1 Å². The van der Waals surface area contributed by atoms with Crippen LogP contribution < -0.4 is 10.1 Å². The first-order valence-corrected chi connectivity index (χ1v) is 7.27. The lowest BCUT2D eigenvalue weighted by Gasteiger charge is -2.11. The molecule has 1 amide bonds. The summed E-state index contributed by atoms with van der Waals surface area (Å²) in [6, 6.07) is 10.5. The van der Waals surface area contributed by atoms with E-state index in [4.69, 9.17) is 4.74 Å². The number of carbonyl (C=O) groups excluding carboxylic acids is 2. The van der Waals surface area contributed by atoms with Gasteiger partial charge in [-0.2, -0.15) is 0 Å². The molecule has 8 nitrogen and oxygen atoms in total. The van der Waals surface area contributed by atoms with Gasteiger partial charge in [0.25, 0.3) is 11.6 Å². The van der Waals surface area contributed by atoms with Gasteiger partial charge in [0.05, 0.1) is 23.3 Å². The highest BCUT2D eigenvalue weighted by Gasteiger charge is 2.14. The average molecular weight is 344 g/mol. The number of anilines is 1. The first kappa shape index (κ1) is 17.9. The predicted octanol–water partition coefficient (Wildman–Crippen LogP) is 2.71. The number of benzene rings is 2. The maximum Gasteiger partial charge on any atom is 0.339 e. The van der Waals surface area contributed by atoms with E-state index in [0.29, 0.717) is 17.0 Å². The predicted molar refractivity (Wildman–Crippen MR) is 89.7 cm³/mol. The molecule has 0 saturated carbocycles. The van der Waals surface area contributed by atoms with Crippen molar-refractivity contribution in [3.8, 4) is 5.75 Å². The molecule has 0 aromatic heterocycles. The van der Waals surface area contributed by atoms with E-state index in [-0.39, 0.29) is 17.9 Å². The number of hydrogen-bond donors (Lipinski definition) is 1. The van der Waals surface area contributed by atoms with Crippen molar-refractivity contribution in [3.63, 3.8) is 0 Å². The SMILES string of the molecule is COC(=O)c1ccccc1NC(=O)COc1ccc([N+](=O)[O-])cc1C. The van der Waals surface area contributed by atoms with Gasteiger partial charge in [-0.3, -0.25) is 14.9 Å². The largest absolute Gasteiger partial charge is 0.483 e. The minimum Gasteiger partial charge on any atom is -0.483 e. The fraction of sp³-hybridized carbons (Fsp3) is 0.176. The van der Waals surface area contributed by atoms with Crippen LogP contribution in [0.5, 0.6) is 5.75 Å². The van der Waals surface area contributed by atoms with Crippen molar-refractivity contribution in [1.82, 2.24) is 0 Å². The van der Waals surface area contributed by atoms with Crippen LogP contribution in [0.15, 0.2) is 42.5 Å². The van der Waals surface area contributed by atoms with Gasteiger partial charge in [0, 0.05) is 12.1 Å². The maximum absolute atomic E-state index is 12.0. The van der Waals surface area contributed by atoms with Crippen LogP contribution in [0.1, 0.15) is 15.9 Å². The second-order valence-corrected chi connectivity index (χ2v) is 5.08. The Balaban J connectivity index is 2.02. The Labute approximate surface area is 143 Å². The number of nitrogens with one attached hydrogen (secondary N) is 1. The van der Waals surface area contributed by atoms with E-state index in [0.717, 1.165) is 0 Å². The normalized spacial score (nSPS) is 10.0. The van der Waals surface area contributed by atoms with Gasteiger partial charge in [0.15, 0.2) is 6.61 Å². The fourth-order valence-electron chi connectivity index (χ4n) is 2.12. The lowest BCUT2D eigenvalue weighted by molar-refractivity contribution is -0.384. The number of nitrogens with zero attached hydrogens (tertiary/aromatic N) is 1. The van der Waals surface area contributed by atoms with Gasteiger partial charge in [-0.25, -0.2) is 4.79 Å². The Morgan fingerprint density at radius 1 is 1.20 bits per heavy atom. The molecule has 0 aliphatic carbocycles. The number of carbonyl (C=O) groups is 2. The molecule has 8 heteroatoms. The molecular formula is C17H16N2O6. The van der Waals surface area contributed by atoms with Crippen LogP contribution in [-0.2, 0) is 9.53 Å². The number of nitro groups is 1. The van der Waals surface area contributed by atoms with E-state index in [1.807, 2.05) is 0 Å². The van der Waals surface area contributed by atoms with Crippen molar-refractivity contribution < 1.29 is 24.0 Å². The summed E-state index contributed by atoms with van der Waals surface area (Å²) in [6.45, 7) is 1.33. The number of nitro benzene ring substituents is 1. The molecule has 2 aromatic rings. The standard InChI is InChI=1S/C17H16N2O6/c1-11-9-12(19(22)23)7-8-15(11)25-10-16(20)18-14-6-4-3-5-13(14)17(21)24-2/h3-9H,10H2,1-2H3,(H,18,20). The van der Waals surface area contributed by atoms with Gasteiger partial charge in [-0.1, -0.05) is 12.1 Å². The van der Waals surface area contributed by atoms with E-state index >= 15 is 0 Å². The van der Waals surface area contributed by atoms with Crippen LogP contribution in [0.2, 0.25) is 0 Å². The molecule has 0 unspecified atom stereocenters. The van der Waals surface area contributed by atoms with E-state index in [1.54, 1.807) is 25.1 Å². The molecule has 0 atom stereocenters. The van der Waals surface area contributed by atoms with E-state index in [9.17, 15) is 19.7 Å². The lowest BCUT2D eigenvalue weighted by atomic mass is 10.2. The smallest absolute Gasteiger partial charge is 0.339 e. The Bertz CT molecular complexity index is 819. The third-order valence-electron chi connectivity index (χ3n) is 3.33. The summed E-state index contributed by atoms with van der Waals surface area (Å²) in [5.41, 5.74) is 1.02. The highest BCUT2D eigenvalue weighted by atomic mass is 16.6. The number of hydrogen-bond acceptors (Lipinski definition) is 6. The highest BCUT2D eigenvalue weighted by Crippen LogP contribution is 2.23. The fourth-order valence-corrected chi connectivity index (χ4v) is 2.12. The van der Waals surface area contributed by atoms with E-state index < -0.39 is 16.8 Å².